The average Bonchev–Trinajstić information content (AvgIpc) is 2.97. The molecule has 0 aliphatic heterocycles. The van der Waals surface area contributed by atoms with Crippen molar-refractivity contribution in [3.8, 4) is 0 Å². The van der Waals surface area contributed by atoms with Crippen molar-refractivity contribution in [2.24, 2.45) is 4.99 Å². The number of aliphatic imine (C=N–C) groups is 1. The molecule has 1 aliphatic rings. The lowest BCUT2D eigenvalue weighted by molar-refractivity contribution is 0.630. The van der Waals surface area contributed by atoms with Crippen molar-refractivity contribution in [2.75, 3.05) is 13.1 Å². The summed E-state index contributed by atoms with van der Waals surface area (Å²) >= 11 is 0. The molecular formula is C18H28IN3. The molecule has 1 unspecified atom stereocenters. The highest BCUT2D eigenvalue weighted by molar-refractivity contribution is 14.0. The van der Waals surface area contributed by atoms with E-state index in [2.05, 4.69) is 67.8 Å². The number of benzene rings is 1. The van der Waals surface area contributed by atoms with Gasteiger partial charge in [0.2, 0.25) is 0 Å². The molecule has 4 heteroatoms. The fourth-order valence-electron chi connectivity index (χ4n) is 2.56. The number of aryl methyl sites for hydroxylation is 1. The number of nitrogens with zero attached hydrogens (tertiary/aromatic N) is 1. The highest BCUT2D eigenvalue weighted by Gasteiger charge is 2.12. The smallest absolute Gasteiger partial charge is 0.191 e. The molecule has 0 heterocycles. The lowest BCUT2D eigenvalue weighted by Gasteiger charge is -2.18. The predicted molar refractivity (Wildman–Crippen MR) is 106 cm³/mol. The second-order valence-corrected chi connectivity index (χ2v) is 5.82. The van der Waals surface area contributed by atoms with Gasteiger partial charge in [0.1, 0.15) is 0 Å². The second kappa shape index (κ2) is 9.87. The van der Waals surface area contributed by atoms with Crippen LogP contribution in [0.5, 0.6) is 0 Å². The second-order valence-electron chi connectivity index (χ2n) is 5.82. The Kier molecular flexibility index (Phi) is 8.53. The van der Waals surface area contributed by atoms with Crippen molar-refractivity contribution in [1.29, 1.82) is 0 Å². The average molecular weight is 413 g/mol. The highest BCUT2D eigenvalue weighted by atomic mass is 127. The quantitative estimate of drug-likeness (QED) is 0.332. The number of hydrogen-bond acceptors (Lipinski definition) is 1. The molecule has 0 bridgehead atoms. The van der Waals surface area contributed by atoms with Crippen molar-refractivity contribution in [1.82, 2.24) is 10.6 Å². The van der Waals surface area contributed by atoms with Crippen molar-refractivity contribution < 1.29 is 0 Å². The van der Waals surface area contributed by atoms with E-state index >= 15 is 0 Å². The maximum Gasteiger partial charge on any atom is 0.191 e. The van der Waals surface area contributed by atoms with Crippen LogP contribution in [0, 0.1) is 6.92 Å². The zero-order valence-corrected chi connectivity index (χ0v) is 16.1. The molecule has 3 nitrogen and oxygen atoms in total. The SMILES string of the molecule is CCNC(=NCC(C)c1cccc(C)c1)NC1CC=CC1.I. The normalized spacial score (nSPS) is 16.2. The van der Waals surface area contributed by atoms with E-state index in [1.54, 1.807) is 0 Å². The number of nitrogens with one attached hydrogen (secondary N) is 2. The lowest BCUT2D eigenvalue weighted by Crippen LogP contribution is -2.42. The van der Waals surface area contributed by atoms with Gasteiger partial charge >= 0.3 is 0 Å². The van der Waals surface area contributed by atoms with Crippen LogP contribution in [0.15, 0.2) is 41.4 Å². The molecule has 0 saturated heterocycles. The topological polar surface area (TPSA) is 36.4 Å². The third kappa shape index (κ3) is 5.99. The van der Waals surface area contributed by atoms with Crippen LogP contribution in [-0.4, -0.2) is 25.1 Å². The van der Waals surface area contributed by atoms with Gasteiger partial charge < -0.3 is 10.6 Å². The molecule has 1 atom stereocenters. The van der Waals surface area contributed by atoms with Gasteiger partial charge in [-0.25, -0.2) is 0 Å². The maximum absolute atomic E-state index is 4.75. The molecule has 2 rings (SSSR count). The first-order chi connectivity index (χ1) is 10.2. The minimum Gasteiger partial charge on any atom is -0.357 e. The summed E-state index contributed by atoms with van der Waals surface area (Å²) < 4.78 is 0. The van der Waals surface area contributed by atoms with E-state index in [0.29, 0.717) is 12.0 Å². The molecular weight excluding hydrogens is 385 g/mol. The van der Waals surface area contributed by atoms with Crippen LogP contribution in [0.1, 0.15) is 43.7 Å². The molecule has 22 heavy (non-hydrogen) atoms. The largest absolute Gasteiger partial charge is 0.357 e. The zero-order chi connectivity index (χ0) is 15.1. The Morgan fingerprint density at radius 3 is 2.68 bits per heavy atom. The molecule has 0 fully saturated rings. The number of rotatable bonds is 5. The number of hydrogen-bond donors (Lipinski definition) is 2. The summed E-state index contributed by atoms with van der Waals surface area (Å²) in [6.07, 6.45) is 6.66. The van der Waals surface area contributed by atoms with Crippen LogP contribution in [0.2, 0.25) is 0 Å². The zero-order valence-electron chi connectivity index (χ0n) is 13.8. The van der Waals surface area contributed by atoms with Crippen molar-refractivity contribution in [2.45, 2.75) is 45.6 Å². The van der Waals surface area contributed by atoms with Crippen LogP contribution < -0.4 is 10.6 Å². The van der Waals surface area contributed by atoms with Crippen LogP contribution >= 0.6 is 24.0 Å². The molecule has 0 amide bonds. The van der Waals surface area contributed by atoms with Gasteiger partial charge in [0.05, 0.1) is 0 Å². The predicted octanol–water partition coefficient (Wildman–Crippen LogP) is 3.99. The Morgan fingerprint density at radius 1 is 1.32 bits per heavy atom. The molecule has 0 radical (unpaired) electrons. The third-order valence-electron chi connectivity index (χ3n) is 3.83. The summed E-state index contributed by atoms with van der Waals surface area (Å²) in [5, 5.41) is 6.85. The van der Waals surface area contributed by atoms with Crippen molar-refractivity contribution in [3.63, 3.8) is 0 Å². The summed E-state index contributed by atoms with van der Waals surface area (Å²) in [6, 6.07) is 9.20. The molecule has 0 saturated carbocycles. The van der Waals surface area contributed by atoms with E-state index in [4.69, 9.17) is 4.99 Å². The molecule has 0 aromatic heterocycles. The van der Waals surface area contributed by atoms with Gasteiger partial charge in [-0.1, -0.05) is 48.9 Å². The monoisotopic (exact) mass is 413 g/mol. The minimum absolute atomic E-state index is 0. The number of guanidine groups is 1. The summed E-state index contributed by atoms with van der Waals surface area (Å²) in [4.78, 5) is 4.75. The van der Waals surface area contributed by atoms with Crippen LogP contribution in [0.3, 0.4) is 0 Å². The lowest BCUT2D eigenvalue weighted by atomic mass is 10.00. The van der Waals surface area contributed by atoms with Gasteiger partial charge in [0.25, 0.3) is 0 Å². The fourth-order valence-corrected chi connectivity index (χ4v) is 2.56. The van der Waals surface area contributed by atoms with E-state index in [0.717, 1.165) is 31.9 Å². The minimum atomic E-state index is 0. The van der Waals surface area contributed by atoms with E-state index < -0.39 is 0 Å². The van der Waals surface area contributed by atoms with Gasteiger partial charge in [0, 0.05) is 25.0 Å². The first-order valence-electron chi connectivity index (χ1n) is 7.95. The Morgan fingerprint density at radius 2 is 2.05 bits per heavy atom. The summed E-state index contributed by atoms with van der Waals surface area (Å²) in [6.45, 7) is 8.18. The first-order valence-corrected chi connectivity index (χ1v) is 7.95. The Hall–Kier alpha value is -1.04. The standard InChI is InChI=1S/C18H27N3.HI/c1-4-19-18(21-17-10-5-6-11-17)20-13-15(3)16-9-7-8-14(2)12-16;/h5-9,12,15,17H,4,10-11,13H2,1-3H3,(H2,19,20,21);1H. The van der Waals surface area contributed by atoms with E-state index in [-0.39, 0.29) is 24.0 Å². The first kappa shape index (κ1) is 19.0. The van der Waals surface area contributed by atoms with E-state index in [1.165, 1.54) is 11.1 Å². The van der Waals surface area contributed by atoms with E-state index in [1.807, 2.05) is 0 Å². The molecule has 0 spiro atoms. The summed E-state index contributed by atoms with van der Waals surface area (Å²) in [5.74, 6) is 1.37. The van der Waals surface area contributed by atoms with Gasteiger partial charge in [-0.2, -0.15) is 0 Å². The van der Waals surface area contributed by atoms with Crippen LogP contribution in [0.25, 0.3) is 0 Å². The van der Waals surface area contributed by atoms with Crippen molar-refractivity contribution in [3.05, 3.63) is 47.5 Å². The van der Waals surface area contributed by atoms with Gasteiger partial charge in [0.15, 0.2) is 5.96 Å². The fraction of sp³-hybridized carbons (Fsp3) is 0.500. The van der Waals surface area contributed by atoms with Crippen molar-refractivity contribution >= 4 is 29.9 Å². The molecule has 2 N–H and O–H groups in total. The van der Waals surface area contributed by atoms with Gasteiger partial charge in [-0.05, 0) is 32.3 Å². The Balaban J connectivity index is 0.00000242. The highest BCUT2D eigenvalue weighted by Crippen LogP contribution is 2.16. The van der Waals surface area contributed by atoms with Gasteiger partial charge in [-0.15, -0.1) is 24.0 Å². The molecule has 1 aromatic rings. The van der Waals surface area contributed by atoms with E-state index in [9.17, 15) is 0 Å². The molecule has 1 aromatic carbocycles. The van der Waals surface area contributed by atoms with Gasteiger partial charge in [-0.3, -0.25) is 4.99 Å². The molecule has 122 valence electrons. The Bertz CT molecular complexity index is 503. The number of halogens is 1. The Labute approximate surface area is 151 Å². The summed E-state index contributed by atoms with van der Waals surface area (Å²) in [7, 11) is 0. The van der Waals surface area contributed by atoms with Crippen LogP contribution in [-0.2, 0) is 0 Å². The third-order valence-corrected chi connectivity index (χ3v) is 3.83. The van der Waals surface area contributed by atoms with Crippen LogP contribution in [0.4, 0.5) is 0 Å². The summed E-state index contributed by atoms with van der Waals surface area (Å²) in [5.41, 5.74) is 2.67. The maximum atomic E-state index is 4.75. The molecule has 1 aliphatic carbocycles.